The van der Waals surface area contributed by atoms with E-state index in [0.717, 1.165) is 0 Å². The molecule has 2 N–H and O–H groups in total. The molecule has 0 saturated carbocycles. The van der Waals surface area contributed by atoms with Crippen LogP contribution in [0.2, 0.25) is 0 Å². The third-order valence-corrected chi connectivity index (χ3v) is 2.48. The fourth-order valence-corrected chi connectivity index (χ4v) is 1.43. The van der Waals surface area contributed by atoms with Gasteiger partial charge in [0.05, 0.1) is 19.1 Å². The fourth-order valence-electron chi connectivity index (χ4n) is 1.43. The van der Waals surface area contributed by atoms with Gasteiger partial charge >= 0.3 is 11.9 Å². The Labute approximate surface area is 122 Å². The molecule has 0 heterocycles. The highest BCUT2D eigenvalue weighted by molar-refractivity contribution is 5.86. The maximum Gasteiger partial charge on any atom is 0.333 e. The van der Waals surface area contributed by atoms with Crippen LogP contribution in [-0.2, 0) is 14.3 Å². The topological polar surface area (TPSA) is 93.1 Å². The van der Waals surface area contributed by atoms with Crippen LogP contribution in [0.4, 0.5) is 0 Å². The van der Waals surface area contributed by atoms with E-state index in [1.165, 1.54) is 31.2 Å². The zero-order valence-corrected chi connectivity index (χ0v) is 11.7. The molecule has 0 fully saturated rings. The normalized spacial score (nSPS) is 11.5. The second-order valence-electron chi connectivity index (χ2n) is 4.53. The second kappa shape index (κ2) is 8.06. The largest absolute Gasteiger partial charge is 0.508 e. The first-order valence-corrected chi connectivity index (χ1v) is 6.39. The van der Waals surface area contributed by atoms with Gasteiger partial charge in [-0.3, -0.25) is 4.79 Å². The SMILES string of the molecule is C=C(C)C(=O)OCCC(O)CC(=O)Oc1cccc(O)c1. The number of phenols is 1. The number of carbonyl (C=O) groups excluding carboxylic acids is 2. The summed E-state index contributed by atoms with van der Waals surface area (Å²) in [6.07, 6.45) is -1.10. The van der Waals surface area contributed by atoms with Crippen molar-refractivity contribution < 1.29 is 29.3 Å². The molecule has 0 aliphatic rings. The molecule has 0 bridgehead atoms. The van der Waals surface area contributed by atoms with E-state index >= 15 is 0 Å². The molecule has 6 heteroatoms. The van der Waals surface area contributed by atoms with Crippen LogP contribution in [0.25, 0.3) is 0 Å². The van der Waals surface area contributed by atoms with Crippen LogP contribution in [0.15, 0.2) is 36.4 Å². The molecule has 21 heavy (non-hydrogen) atoms. The summed E-state index contributed by atoms with van der Waals surface area (Å²) in [6, 6.07) is 5.78. The average Bonchev–Trinajstić information content (AvgIpc) is 2.37. The highest BCUT2D eigenvalue weighted by Crippen LogP contribution is 2.18. The molecule has 1 aromatic rings. The number of benzene rings is 1. The molecule has 0 aliphatic heterocycles. The minimum atomic E-state index is -0.979. The van der Waals surface area contributed by atoms with Crippen LogP contribution < -0.4 is 4.74 Å². The van der Waals surface area contributed by atoms with E-state index < -0.39 is 18.0 Å². The van der Waals surface area contributed by atoms with Crippen molar-refractivity contribution in [1.82, 2.24) is 0 Å². The summed E-state index contributed by atoms with van der Waals surface area (Å²) in [5.41, 5.74) is 0.271. The predicted molar refractivity (Wildman–Crippen MR) is 74.8 cm³/mol. The maximum atomic E-state index is 11.6. The molecule has 0 radical (unpaired) electrons. The Balaban J connectivity index is 2.31. The lowest BCUT2D eigenvalue weighted by molar-refractivity contribution is -0.140. The van der Waals surface area contributed by atoms with Crippen molar-refractivity contribution >= 4 is 11.9 Å². The first kappa shape index (κ1) is 16.7. The molecule has 1 atom stereocenters. The number of rotatable bonds is 7. The van der Waals surface area contributed by atoms with Gasteiger partial charge in [-0.25, -0.2) is 4.79 Å². The standard InChI is InChI=1S/C15H18O6/c1-10(2)15(19)20-7-6-12(17)9-14(18)21-13-5-3-4-11(16)8-13/h3-5,8,12,16-17H,1,6-7,9H2,2H3. The zero-order chi connectivity index (χ0) is 15.8. The number of aliphatic hydroxyl groups is 1. The van der Waals surface area contributed by atoms with Gasteiger partial charge in [-0.05, 0) is 19.1 Å². The summed E-state index contributed by atoms with van der Waals surface area (Å²) in [4.78, 5) is 22.7. The monoisotopic (exact) mass is 294 g/mol. The molecule has 6 nitrogen and oxygen atoms in total. The molecule has 0 saturated heterocycles. The Morgan fingerprint density at radius 3 is 2.71 bits per heavy atom. The minimum Gasteiger partial charge on any atom is -0.508 e. The van der Waals surface area contributed by atoms with Gasteiger partial charge in [0.1, 0.15) is 11.5 Å². The van der Waals surface area contributed by atoms with Crippen LogP contribution in [0.1, 0.15) is 19.8 Å². The predicted octanol–water partition coefficient (Wildman–Crippen LogP) is 1.56. The van der Waals surface area contributed by atoms with Crippen molar-refractivity contribution in [3.63, 3.8) is 0 Å². The van der Waals surface area contributed by atoms with Crippen LogP contribution in [-0.4, -0.2) is 34.9 Å². The van der Waals surface area contributed by atoms with Gasteiger partial charge in [-0.1, -0.05) is 12.6 Å². The van der Waals surface area contributed by atoms with E-state index in [9.17, 15) is 19.8 Å². The molecule has 0 spiro atoms. The van der Waals surface area contributed by atoms with Gasteiger partial charge < -0.3 is 19.7 Å². The van der Waals surface area contributed by atoms with Gasteiger partial charge in [-0.2, -0.15) is 0 Å². The molecule has 0 aliphatic carbocycles. The third-order valence-electron chi connectivity index (χ3n) is 2.48. The molecule has 1 rings (SSSR count). The number of carbonyl (C=O) groups is 2. The van der Waals surface area contributed by atoms with Crippen LogP contribution in [0.5, 0.6) is 11.5 Å². The van der Waals surface area contributed by atoms with Crippen molar-refractivity contribution in [2.24, 2.45) is 0 Å². The summed E-state index contributed by atoms with van der Waals surface area (Å²) >= 11 is 0. The lowest BCUT2D eigenvalue weighted by Gasteiger charge is -2.10. The fraction of sp³-hybridized carbons (Fsp3) is 0.333. The average molecular weight is 294 g/mol. The van der Waals surface area contributed by atoms with Gasteiger partial charge in [0.2, 0.25) is 0 Å². The number of aliphatic hydroxyl groups excluding tert-OH is 1. The van der Waals surface area contributed by atoms with Crippen LogP contribution in [0, 0.1) is 0 Å². The number of hydrogen-bond donors (Lipinski definition) is 2. The first-order chi connectivity index (χ1) is 9.88. The van der Waals surface area contributed by atoms with E-state index in [4.69, 9.17) is 9.47 Å². The third kappa shape index (κ3) is 6.58. The smallest absolute Gasteiger partial charge is 0.333 e. The quantitative estimate of drug-likeness (QED) is 0.450. The van der Waals surface area contributed by atoms with Crippen molar-refractivity contribution in [3.05, 3.63) is 36.4 Å². The number of phenolic OH excluding ortho intramolecular Hbond substituents is 1. The summed E-state index contributed by atoms with van der Waals surface area (Å²) < 4.78 is 9.76. The summed E-state index contributed by atoms with van der Waals surface area (Å²) in [6.45, 7) is 4.94. The van der Waals surface area contributed by atoms with E-state index in [2.05, 4.69) is 6.58 Å². The summed E-state index contributed by atoms with van der Waals surface area (Å²) in [5, 5.41) is 18.9. The lowest BCUT2D eigenvalue weighted by atomic mass is 10.2. The molecular weight excluding hydrogens is 276 g/mol. The zero-order valence-electron chi connectivity index (χ0n) is 11.7. The Bertz CT molecular complexity index is 523. The Hall–Kier alpha value is -2.34. The van der Waals surface area contributed by atoms with Gasteiger partial charge in [-0.15, -0.1) is 0 Å². The number of esters is 2. The lowest BCUT2D eigenvalue weighted by Crippen LogP contribution is -2.20. The molecule has 114 valence electrons. The highest BCUT2D eigenvalue weighted by Gasteiger charge is 2.14. The van der Waals surface area contributed by atoms with Crippen LogP contribution in [0.3, 0.4) is 0 Å². The highest BCUT2D eigenvalue weighted by atomic mass is 16.5. The molecule has 0 amide bonds. The second-order valence-corrected chi connectivity index (χ2v) is 4.53. The van der Waals surface area contributed by atoms with E-state index in [0.29, 0.717) is 0 Å². The Morgan fingerprint density at radius 1 is 1.38 bits per heavy atom. The molecule has 0 aromatic heterocycles. The van der Waals surface area contributed by atoms with Crippen molar-refractivity contribution in [2.75, 3.05) is 6.61 Å². The number of hydrogen-bond acceptors (Lipinski definition) is 6. The van der Waals surface area contributed by atoms with Gasteiger partial charge in [0.25, 0.3) is 0 Å². The summed E-state index contributed by atoms with van der Waals surface area (Å²) in [7, 11) is 0. The maximum absolute atomic E-state index is 11.6. The Kier molecular flexibility index (Phi) is 6.42. The van der Waals surface area contributed by atoms with Crippen molar-refractivity contribution in [3.8, 4) is 11.5 Å². The van der Waals surface area contributed by atoms with E-state index in [1.807, 2.05) is 0 Å². The van der Waals surface area contributed by atoms with E-state index in [-0.39, 0.29) is 36.5 Å². The molecular formula is C15H18O6. The summed E-state index contributed by atoms with van der Waals surface area (Å²) in [5.74, 6) is -1.00. The van der Waals surface area contributed by atoms with Gasteiger partial charge in [0, 0.05) is 18.1 Å². The first-order valence-electron chi connectivity index (χ1n) is 6.39. The van der Waals surface area contributed by atoms with E-state index in [1.54, 1.807) is 0 Å². The molecule has 1 unspecified atom stereocenters. The Morgan fingerprint density at radius 2 is 2.10 bits per heavy atom. The van der Waals surface area contributed by atoms with Crippen LogP contribution >= 0.6 is 0 Å². The number of ether oxygens (including phenoxy) is 2. The van der Waals surface area contributed by atoms with Gasteiger partial charge in [0.15, 0.2) is 0 Å². The van der Waals surface area contributed by atoms with Crippen molar-refractivity contribution in [1.29, 1.82) is 0 Å². The minimum absolute atomic E-state index is 0.00767. The number of aromatic hydroxyl groups is 1. The molecule has 1 aromatic carbocycles. The van der Waals surface area contributed by atoms with Crippen molar-refractivity contribution in [2.45, 2.75) is 25.9 Å².